The van der Waals surface area contributed by atoms with E-state index in [1.165, 1.54) is 12.8 Å². The lowest BCUT2D eigenvalue weighted by molar-refractivity contribution is -0.119. The van der Waals surface area contributed by atoms with E-state index in [9.17, 15) is 4.79 Å². The molecule has 96 valence electrons. The van der Waals surface area contributed by atoms with E-state index in [2.05, 4.69) is 26.1 Å². The van der Waals surface area contributed by atoms with E-state index in [-0.39, 0.29) is 18.6 Å². The molecular weight excluding hydrogens is 222 g/mol. The molecule has 0 radical (unpaired) electrons. The number of carbonyl (C=O) groups excluding carboxylic acids is 1. The first-order valence-electron chi connectivity index (χ1n) is 6.09. The Balaban J connectivity index is 3.73. The van der Waals surface area contributed by atoms with Crippen LogP contribution in [0.3, 0.4) is 0 Å². The van der Waals surface area contributed by atoms with Gasteiger partial charge in [-0.05, 0) is 24.5 Å². The molecule has 1 unspecified atom stereocenters. The molecule has 16 heavy (non-hydrogen) atoms. The maximum atomic E-state index is 11.6. The number of nitrogens with one attached hydrogen (secondary N) is 1. The highest BCUT2D eigenvalue weighted by molar-refractivity contribution is 7.99. The van der Waals surface area contributed by atoms with Crippen LogP contribution in [0.1, 0.15) is 40.0 Å². The van der Waals surface area contributed by atoms with E-state index in [4.69, 9.17) is 5.11 Å². The Morgan fingerprint density at radius 2 is 2.12 bits per heavy atom. The second-order valence-electron chi connectivity index (χ2n) is 4.34. The van der Waals surface area contributed by atoms with Crippen LogP contribution in [0.15, 0.2) is 0 Å². The van der Waals surface area contributed by atoms with Crippen molar-refractivity contribution in [2.75, 3.05) is 18.1 Å². The van der Waals surface area contributed by atoms with Crippen LogP contribution >= 0.6 is 11.8 Å². The minimum absolute atomic E-state index is 0.0910. The number of hydrogen-bond donors (Lipinski definition) is 2. The van der Waals surface area contributed by atoms with Crippen molar-refractivity contribution in [3.63, 3.8) is 0 Å². The van der Waals surface area contributed by atoms with Crippen LogP contribution in [0.5, 0.6) is 0 Å². The fourth-order valence-corrected chi connectivity index (χ4v) is 2.28. The van der Waals surface area contributed by atoms with Crippen LogP contribution in [0.25, 0.3) is 0 Å². The van der Waals surface area contributed by atoms with Crippen LogP contribution in [0.2, 0.25) is 0 Å². The summed E-state index contributed by atoms with van der Waals surface area (Å²) in [7, 11) is 0. The molecule has 0 spiro atoms. The van der Waals surface area contributed by atoms with Gasteiger partial charge in [-0.2, -0.15) is 11.8 Å². The summed E-state index contributed by atoms with van der Waals surface area (Å²) in [6.45, 7) is 6.40. The van der Waals surface area contributed by atoms with E-state index in [1.807, 2.05) is 0 Å². The van der Waals surface area contributed by atoms with Gasteiger partial charge in [-0.1, -0.05) is 27.2 Å². The van der Waals surface area contributed by atoms with Crippen LogP contribution in [0, 0.1) is 5.92 Å². The first-order valence-corrected chi connectivity index (χ1v) is 7.25. The predicted molar refractivity (Wildman–Crippen MR) is 70.7 cm³/mol. The standard InChI is InChI=1S/C12H25NO2S/c1-4-5-8-16-9-12(15)13-11(6-7-14)10(2)3/h10-11,14H,4-9H2,1-3H3,(H,13,15). The molecule has 1 atom stereocenters. The topological polar surface area (TPSA) is 49.3 Å². The van der Waals surface area contributed by atoms with Gasteiger partial charge < -0.3 is 10.4 Å². The lowest BCUT2D eigenvalue weighted by Crippen LogP contribution is -2.40. The Morgan fingerprint density at radius 3 is 2.62 bits per heavy atom. The summed E-state index contributed by atoms with van der Waals surface area (Å²) < 4.78 is 0. The van der Waals surface area contributed by atoms with Gasteiger partial charge in [0.25, 0.3) is 0 Å². The van der Waals surface area contributed by atoms with Crippen LogP contribution in [0.4, 0.5) is 0 Å². The average Bonchev–Trinajstić information content (AvgIpc) is 2.23. The largest absolute Gasteiger partial charge is 0.396 e. The van der Waals surface area contributed by atoms with Gasteiger partial charge in [0.1, 0.15) is 0 Å². The van der Waals surface area contributed by atoms with Gasteiger partial charge in [0.15, 0.2) is 0 Å². The number of thioether (sulfide) groups is 1. The minimum Gasteiger partial charge on any atom is -0.396 e. The molecule has 0 heterocycles. The van der Waals surface area contributed by atoms with Crippen molar-refractivity contribution in [3.8, 4) is 0 Å². The quantitative estimate of drug-likeness (QED) is 0.613. The zero-order valence-corrected chi connectivity index (χ0v) is 11.5. The van der Waals surface area contributed by atoms with Crippen molar-refractivity contribution in [2.45, 2.75) is 46.1 Å². The third kappa shape index (κ3) is 7.99. The zero-order chi connectivity index (χ0) is 12.4. The molecule has 0 aromatic rings. The Morgan fingerprint density at radius 1 is 1.44 bits per heavy atom. The summed E-state index contributed by atoms with van der Waals surface area (Å²) in [6, 6.07) is 0.101. The normalized spacial score (nSPS) is 12.8. The predicted octanol–water partition coefficient (Wildman–Crippen LogP) is 2.04. The highest BCUT2D eigenvalue weighted by Gasteiger charge is 2.15. The van der Waals surface area contributed by atoms with Gasteiger partial charge in [-0.25, -0.2) is 0 Å². The third-order valence-corrected chi connectivity index (χ3v) is 3.51. The number of amides is 1. The maximum Gasteiger partial charge on any atom is 0.230 e. The molecule has 0 fully saturated rings. The Kier molecular flexibility index (Phi) is 9.83. The Bertz CT molecular complexity index is 186. The van der Waals surface area contributed by atoms with Crippen LogP contribution in [-0.4, -0.2) is 35.2 Å². The summed E-state index contributed by atoms with van der Waals surface area (Å²) in [5.74, 6) is 2.05. The number of aliphatic hydroxyl groups excluding tert-OH is 1. The van der Waals surface area contributed by atoms with Crippen molar-refractivity contribution < 1.29 is 9.90 Å². The van der Waals surface area contributed by atoms with Crippen molar-refractivity contribution in [1.82, 2.24) is 5.32 Å². The second kappa shape index (κ2) is 9.97. The van der Waals surface area contributed by atoms with Gasteiger partial charge in [0.05, 0.1) is 5.75 Å². The number of hydrogen-bond acceptors (Lipinski definition) is 3. The first kappa shape index (κ1) is 15.8. The third-order valence-electron chi connectivity index (χ3n) is 2.47. The zero-order valence-electron chi connectivity index (χ0n) is 10.7. The van der Waals surface area contributed by atoms with E-state index in [0.29, 0.717) is 18.1 Å². The van der Waals surface area contributed by atoms with Crippen molar-refractivity contribution in [1.29, 1.82) is 0 Å². The molecule has 0 aromatic heterocycles. The second-order valence-corrected chi connectivity index (χ2v) is 5.44. The maximum absolute atomic E-state index is 11.6. The fourth-order valence-electron chi connectivity index (χ4n) is 1.37. The molecule has 1 amide bonds. The molecule has 0 aromatic carbocycles. The molecule has 2 N–H and O–H groups in total. The molecule has 0 aliphatic carbocycles. The monoisotopic (exact) mass is 247 g/mol. The van der Waals surface area contributed by atoms with Crippen LogP contribution in [-0.2, 0) is 4.79 Å². The highest BCUT2D eigenvalue weighted by atomic mass is 32.2. The lowest BCUT2D eigenvalue weighted by atomic mass is 10.0. The molecule has 0 saturated carbocycles. The van der Waals surface area contributed by atoms with Gasteiger partial charge in [0, 0.05) is 12.6 Å². The minimum atomic E-state index is 0.0910. The molecule has 0 rings (SSSR count). The Hall–Kier alpha value is -0.220. The number of aliphatic hydroxyl groups is 1. The van der Waals surface area contributed by atoms with Gasteiger partial charge >= 0.3 is 0 Å². The first-order chi connectivity index (χ1) is 7.61. The summed E-state index contributed by atoms with van der Waals surface area (Å²) in [4.78, 5) is 11.6. The highest BCUT2D eigenvalue weighted by Crippen LogP contribution is 2.08. The van der Waals surface area contributed by atoms with Gasteiger partial charge in [-0.3, -0.25) is 4.79 Å². The van der Waals surface area contributed by atoms with Gasteiger partial charge in [0.2, 0.25) is 5.91 Å². The summed E-state index contributed by atoms with van der Waals surface area (Å²) in [5, 5.41) is 11.9. The van der Waals surface area contributed by atoms with Crippen LogP contribution < -0.4 is 5.32 Å². The van der Waals surface area contributed by atoms with E-state index >= 15 is 0 Å². The SMILES string of the molecule is CCCCSCC(=O)NC(CCO)C(C)C. The molecule has 0 aliphatic heterocycles. The lowest BCUT2D eigenvalue weighted by Gasteiger charge is -2.21. The average molecular weight is 247 g/mol. The molecule has 0 saturated heterocycles. The number of rotatable bonds is 9. The van der Waals surface area contributed by atoms with Crippen molar-refractivity contribution in [3.05, 3.63) is 0 Å². The number of unbranched alkanes of at least 4 members (excludes halogenated alkanes) is 1. The van der Waals surface area contributed by atoms with E-state index in [1.54, 1.807) is 11.8 Å². The van der Waals surface area contributed by atoms with E-state index in [0.717, 1.165) is 5.75 Å². The summed E-state index contributed by atoms with van der Waals surface area (Å²) in [5.41, 5.74) is 0. The summed E-state index contributed by atoms with van der Waals surface area (Å²) in [6.07, 6.45) is 2.99. The molecule has 0 bridgehead atoms. The molecular formula is C12H25NO2S. The summed E-state index contributed by atoms with van der Waals surface area (Å²) >= 11 is 1.68. The smallest absolute Gasteiger partial charge is 0.230 e. The van der Waals surface area contributed by atoms with Crippen molar-refractivity contribution in [2.24, 2.45) is 5.92 Å². The fraction of sp³-hybridized carbons (Fsp3) is 0.917. The Labute approximate surface area is 103 Å². The van der Waals surface area contributed by atoms with E-state index < -0.39 is 0 Å². The van der Waals surface area contributed by atoms with Crippen molar-refractivity contribution >= 4 is 17.7 Å². The number of carbonyl (C=O) groups is 1. The van der Waals surface area contributed by atoms with Gasteiger partial charge in [-0.15, -0.1) is 0 Å². The molecule has 4 heteroatoms. The molecule has 3 nitrogen and oxygen atoms in total. The molecule has 0 aliphatic rings.